The molecule has 0 radical (unpaired) electrons. The molecule has 1 aromatic carbocycles. The molecule has 0 bridgehead atoms. The first-order valence-electron chi connectivity index (χ1n) is 9.20. The number of hydrogen-bond acceptors (Lipinski definition) is 3. The lowest BCUT2D eigenvalue weighted by molar-refractivity contribution is 0.0893. The fourth-order valence-corrected chi connectivity index (χ4v) is 2.89. The van der Waals surface area contributed by atoms with Gasteiger partial charge in [-0.2, -0.15) is 0 Å². The molecule has 1 heterocycles. The number of halogens is 1. The number of benzene rings is 1. The van der Waals surface area contributed by atoms with Crippen molar-refractivity contribution in [2.24, 2.45) is 10.9 Å². The third-order valence-corrected chi connectivity index (χ3v) is 4.27. The maximum absolute atomic E-state index is 6.01. The summed E-state index contributed by atoms with van der Waals surface area (Å²) in [5.74, 6) is 1.43. The summed E-state index contributed by atoms with van der Waals surface area (Å²) in [6, 6.07) is 7.96. The van der Waals surface area contributed by atoms with Crippen molar-refractivity contribution >= 4 is 17.6 Å². The molecule has 25 heavy (non-hydrogen) atoms. The highest BCUT2D eigenvalue weighted by Gasteiger charge is 2.15. The minimum absolute atomic E-state index is 0.578. The van der Waals surface area contributed by atoms with Gasteiger partial charge in [-0.3, -0.25) is 4.99 Å². The topological polar surface area (TPSA) is 54.9 Å². The fraction of sp³-hybridized carbons (Fsp3) is 0.632. The molecule has 0 aliphatic carbocycles. The number of rotatable bonds is 10. The van der Waals surface area contributed by atoms with Crippen molar-refractivity contribution in [3.63, 3.8) is 0 Å². The van der Waals surface area contributed by atoms with Crippen molar-refractivity contribution in [2.45, 2.75) is 26.2 Å². The molecule has 5 nitrogen and oxygen atoms in total. The number of guanidine groups is 1. The molecule has 1 unspecified atom stereocenters. The Balaban J connectivity index is 1.60. The van der Waals surface area contributed by atoms with Gasteiger partial charge in [-0.1, -0.05) is 23.7 Å². The lowest BCUT2D eigenvalue weighted by Crippen LogP contribution is -2.38. The van der Waals surface area contributed by atoms with Gasteiger partial charge in [-0.25, -0.2) is 0 Å². The van der Waals surface area contributed by atoms with Crippen LogP contribution in [0.15, 0.2) is 29.3 Å². The second-order valence-corrected chi connectivity index (χ2v) is 6.66. The first kappa shape index (κ1) is 20.0. The van der Waals surface area contributed by atoms with Crippen LogP contribution in [0.25, 0.3) is 0 Å². The SMILES string of the molecule is CCNC(=NCCCOCC1CCOC1)NCCc1cccc(Cl)c1. The van der Waals surface area contributed by atoms with Crippen LogP contribution in [0.3, 0.4) is 0 Å². The van der Waals surface area contributed by atoms with E-state index in [9.17, 15) is 0 Å². The first-order chi connectivity index (χ1) is 12.3. The Kier molecular flexibility index (Phi) is 9.70. The highest BCUT2D eigenvalue weighted by molar-refractivity contribution is 6.30. The van der Waals surface area contributed by atoms with Crippen LogP contribution in [0, 0.1) is 5.92 Å². The van der Waals surface area contributed by atoms with Gasteiger partial charge in [-0.15, -0.1) is 0 Å². The molecular weight excluding hydrogens is 338 g/mol. The molecule has 1 aliphatic heterocycles. The van der Waals surface area contributed by atoms with Gasteiger partial charge in [0.1, 0.15) is 0 Å². The molecule has 140 valence electrons. The molecule has 2 N–H and O–H groups in total. The summed E-state index contributed by atoms with van der Waals surface area (Å²) in [5.41, 5.74) is 1.22. The zero-order chi connectivity index (χ0) is 17.7. The molecule has 0 saturated carbocycles. The van der Waals surface area contributed by atoms with Crippen molar-refractivity contribution in [2.75, 3.05) is 46.1 Å². The minimum Gasteiger partial charge on any atom is -0.381 e. The molecule has 2 rings (SSSR count). The van der Waals surface area contributed by atoms with E-state index in [0.29, 0.717) is 5.92 Å². The van der Waals surface area contributed by atoms with Crippen LogP contribution < -0.4 is 10.6 Å². The van der Waals surface area contributed by atoms with Gasteiger partial charge in [0.05, 0.1) is 13.2 Å². The van der Waals surface area contributed by atoms with Gasteiger partial charge in [0, 0.05) is 43.8 Å². The quantitative estimate of drug-likeness (QED) is 0.379. The number of aliphatic imine (C=N–C) groups is 1. The molecule has 6 heteroatoms. The summed E-state index contributed by atoms with van der Waals surface area (Å²) in [7, 11) is 0. The van der Waals surface area contributed by atoms with Crippen LogP contribution >= 0.6 is 11.6 Å². The number of nitrogens with one attached hydrogen (secondary N) is 2. The van der Waals surface area contributed by atoms with Crippen molar-refractivity contribution in [1.29, 1.82) is 0 Å². The third kappa shape index (κ3) is 8.56. The van der Waals surface area contributed by atoms with Crippen molar-refractivity contribution in [3.8, 4) is 0 Å². The molecular formula is C19H30ClN3O2. The third-order valence-electron chi connectivity index (χ3n) is 4.03. The molecule has 1 saturated heterocycles. The van der Waals surface area contributed by atoms with E-state index in [0.717, 1.165) is 76.3 Å². The Morgan fingerprint density at radius 1 is 1.40 bits per heavy atom. The van der Waals surface area contributed by atoms with Gasteiger partial charge >= 0.3 is 0 Å². The Morgan fingerprint density at radius 3 is 3.08 bits per heavy atom. The summed E-state index contributed by atoms with van der Waals surface area (Å²) < 4.78 is 11.1. The van der Waals surface area contributed by atoms with Gasteiger partial charge < -0.3 is 20.1 Å². The normalized spacial score (nSPS) is 17.7. The lowest BCUT2D eigenvalue weighted by Gasteiger charge is -2.12. The summed E-state index contributed by atoms with van der Waals surface area (Å²) in [6.45, 7) is 7.79. The predicted octanol–water partition coefficient (Wildman–Crippen LogP) is 2.88. The van der Waals surface area contributed by atoms with Gasteiger partial charge in [-0.05, 0) is 43.9 Å². The van der Waals surface area contributed by atoms with Crippen molar-refractivity contribution in [1.82, 2.24) is 10.6 Å². The molecule has 1 aromatic rings. The highest BCUT2D eigenvalue weighted by atomic mass is 35.5. The van der Waals surface area contributed by atoms with E-state index in [1.807, 2.05) is 18.2 Å². The fourth-order valence-electron chi connectivity index (χ4n) is 2.68. The summed E-state index contributed by atoms with van der Waals surface area (Å²) in [6.07, 6.45) is 2.97. The molecule has 1 atom stereocenters. The Morgan fingerprint density at radius 2 is 2.32 bits per heavy atom. The van der Waals surface area contributed by atoms with Gasteiger partial charge in [0.2, 0.25) is 0 Å². The summed E-state index contributed by atoms with van der Waals surface area (Å²) in [5, 5.41) is 7.41. The average Bonchev–Trinajstić information content (AvgIpc) is 3.11. The second kappa shape index (κ2) is 12.1. The molecule has 0 aromatic heterocycles. The number of nitrogens with zero attached hydrogens (tertiary/aromatic N) is 1. The van der Waals surface area contributed by atoms with E-state index in [2.05, 4.69) is 28.6 Å². The predicted molar refractivity (Wildman–Crippen MR) is 103 cm³/mol. The van der Waals surface area contributed by atoms with Gasteiger partial charge in [0.25, 0.3) is 0 Å². The van der Waals surface area contributed by atoms with E-state index < -0.39 is 0 Å². The molecule has 1 fully saturated rings. The molecule has 0 spiro atoms. The molecule has 1 aliphatic rings. The zero-order valence-electron chi connectivity index (χ0n) is 15.1. The smallest absolute Gasteiger partial charge is 0.191 e. The summed E-state index contributed by atoms with van der Waals surface area (Å²) >= 11 is 6.01. The maximum Gasteiger partial charge on any atom is 0.191 e. The van der Waals surface area contributed by atoms with E-state index in [4.69, 9.17) is 21.1 Å². The maximum atomic E-state index is 6.01. The van der Waals surface area contributed by atoms with E-state index in [1.54, 1.807) is 0 Å². The van der Waals surface area contributed by atoms with Crippen LogP contribution in [0.5, 0.6) is 0 Å². The summed E-state index contributed by atoms with van der Waals surface area (Å²) in [4.78, 5) is 4.60. The van der Waals surface area contributed by atoms with Crippen molar-refractivity contribution in [3.05, 3.63) is 34.9 Å². The lowest BCUT2D eigenvalue weighted by atomic mass is 10.1. The minimum atomic E-state index is 0.578. The van der Waals surface area contributed by atoms with Crippen LogP contribution in [0.2, 0.25) is 5.02 Å². The zero-order valence-corrected chi connectivity index (χ0v) is 15.9. The van der Waals surface area contributed by atoms with Crippen LogP contribution in [0.4, 0.5) is 0 Å². The number of hydrogen-bond donors (Lipinski definition) is 2. The Hall–Kier alpha value is -1.30. The van der Waals surface area contributed by atoms with Crippen LogP contribution in [0.1, 0.15) is 25.3 Å². The second-order valence-electron chi connectivity index (χ2n) is 6.23. The largest absolute Gasteiger partial charge is 0.381 e. The van der Waals surface area contributed by atoms with E-state index in [1.165, 1.54) is 5.56 Å². The highest BCUT2D eigenvalue weighted by Crippen LogP contribution is 2.12. The average molecular weight is 368 g/mol. The van der Waals surface area contributed by atoms with Crippen molar-refractivity contribution < 1.29 is 9.47 Å². The van der Waals surface area contributed by atoms with Gasteiger partial charge in [0.15, 0.2) is 5.96 Å². The monoisotopic (exact) mass is 367 g/mol. The van der Waals surface area contributed by atoms with E-state index >= 15 is 0 Å². The Bertz CT molecular complexity index is 519. The molecule has 0 amide bonds. The standard InChI is InChI=1S/C19H30ClN3O2/c1-2-21-19(23-10-7-16-5-3-6-18(20)13-16)22-9-4-11-24-14-17-8-12-25-15-17/h3,5-6,13,17H,2,4,7-12,14-15H2,1H3,(H2,21,22,23). The first-order valence-corrected chi connectivity index (χ1v) is 9.58. The van der Waals surface area contributed by atoms with Crippen LogP contribution in [-0.2, 0) is 15.9 Å². The Labute approximate surface area is 156 Å². The number of ether oxygens (including phenoxy) is 2. The van der Waals surface area contributed by atoms with E-state index in [-0.39, 0.29) is 0 Å². The van der Waals surface area contributed by atoms with Crippen LogP contribution in [-0.4, -0.2) is 52.0 Å².